The molecule has 4 rings (SSSR count). The van der Waals surface area contributed by atoms with E-state index in [1.54, 1.807) is 39.6 Å². The summed E-state index contributed by atoms with van der Waals surface area (Å²) in [6.07, 6.45) is -4.41. The lowest BCUT2D eigenvalue weighted by Crippen LogP contribution is -2.39. The molecule has 1 N–H and O–H groups in total. The third-order valence-electron chi connectivity index (χ3n) is 7.05. The molecule has 0 aliphatic carbocycles. The Labute approximate surface area is 249 Å². The van der Waals surface area contributed by atoms with Gasteiger partial charge in [0.1, 0.15) is 11.5 Å². The molecule has 1 aromatic heterocycles. The van der Waals surface area contributed by atoms with E-state index >= 15 is 0 Å². The Balaban J connectivity index is 1.62. The number of rotatable bonds is 11. The van der Waals surface area contributed by atoms with E-state index in [0.29, 0.717) is 29.3 Å². The molecular formula is C33H36F3N3O4. The first-order valence-corrected chi connectivity index (χ1v) is 13.9. The molecule has 0 amide bonds. The van der Waals surface area contributed by atoms with E-state index in [4.69, 9.17) is 14.2 Å². The second-order valence-electron chi connectivity index (χ2n) is 10.6. The van der Waals surface area contributed by atoms with E-state index in [1.165, 1.54) is 12.1 Å². The van der Waals surface area contributed by atoms with Crippen molar-refractivity contribution in [3.8, 4) is 22.8 Å². The summed E-state index contributed by atoms with van der Waals surface area (Å²) in [5, 5.41) is 8.22. The highest BCUT2D eigenvalue weighted by Gasteiger charge is 2.32. The molecule has 4 aromatic rings. The normalized spacial score (nSPS) is 12.6. The molecule has 228 valence electrons. The fourth-order valence-electron chi connectivity index (χ4n) is 4.78. The van der Waals surface area contributed by atoms with Gasteiger partial charge in [-0.15, -0.1) is 0 Å². The Morgan fingerprint density at radius 3 is 2.33 bits per heavy atom. The van der Waals surface area contributed by atoms with Crippen molar-refractivity contribution in [2.75, 3.05) is 13.7 Å². The molecule has 3 aromatic carbocycles. The monoisotopic (exact) mass is 595 g/mol. The van der Waals surface area contributed by atoms with Gasteiger partial charge in [-0.1, -0.05) is 42.5 Å². The van der Waals surface area contributed by atoms with Crippen LogP contribution < -0.4 is 14.8 Å². The Bertz CT molecular complexity index is 1560. The van der Waals surface area contributed by atoms with E-state index in [9.17, 15) is 18.0 Å². The predicted octanol–water partition coefficient (Wildman–Crippen LogP) is 7.02. The summed E-state index contributed by atoms with van der Waals surface area (Å²) in [6, 6.07) is 19.9. The van der Waals surface area contributed by atoms with Crippen LogP contribution in [-0.4, -0.2) is 35.1 Å². The lowest BCUT2D eigenvalue weighted by molar-refractivity contribution is -0.158. The van der Waals surface area contributed by atoms with Gasteiger partial charge in [-0.25, -0.2) is 4.79 Å². The molecule has 43 heavy (non-hydrogen) atoms. The highest BCUT2D eigenvalue weighted by molar-refractivity contribution is 5.79. The van der Waals surface area contributed by atoms with Crippen molar-refractivity contribution in [2.24, 2.45) is 7.05 Å². The van der Waals surface area contributed by atoms with Gasteiger partial charge in [-0.2, -0.15) is 18.3 Å². The number of methoxy groups -OCH3 is 1. The summed E-state index contributed by atoms with van der Waals surface area (Å²) in [5.74, 6) is 0.820. The number of nitrogens with one attached hydrogen (secondary N) is 1. The van der Waals surface area contributed by atoms with Crippen molar-refractivity contribution < 1.29 is 32.2 Å². The van der Waals surface area contributed by atoms with E-state index in [0.717, 1.165) is 34.5 Å². The van der Waals surface area contributed by atoms with Crippen LogP contribution in [0.3, 0.4) is 0 Å². The molecule has 0 saturated carbocycles. The molecule has 0 aliphatic rings. The number of carbonyl (C=O) groups is 1. The first kappa shape index (κ1) is 31.6. The van der Waals surface area contributed by atoms with Crippen LogP contribution in [0.25, 0.3) is 11.3 Å². The van der Waals surface area contributed by atoms with Crippen molar-refractivity contribution in [1.82, 2.24) is 15.1 Å². The number of benzene rings is 3. The van der Waals surface area contributed by atoms with Crippen LogP contribution in [0.2, 0.25) is 0 Å². The van der Waals surface area contributed by atoms with Crippen LogP contribution in [0.4, 0.5) is 13.2 Å². The van der Waals surface area contributed by atoms with Gasteiger partial charge < -0.3 is 19.5 Å². The van der Waals surface area contributed by atoms with Crippen LogP contribution in [0.5, 0.6) is 11.5 Å². The van der Waals surface area contributed by atoms with Crippen LogP contribution >= 0.6 is 0 Å². The van der Waals surface area contributed by atoms with E-state index in [-0.39, 0.29) is 12.6 Å². The minimum Gasteiger partial charge on any atom is -0.496 e. The topological polar surface area (TPSA) is 74.6 Å². The highest BCUT2D eigenvalue weighted by Crippen LogP contribution is 2.34. The fraction of sp³-hybridized carbons (Fsp3) is 0.333. The zero-order chi connectivity index (χ0) is 31.4. The predicted molar refractivity (Wildman–Crippen MR) is 158 cm³/mol. The number of carbonyl (C=O) groups excluding carboxylic acids is 1. The molecule has 7 nitrogen and oxygen atoms in total. The maximum absolute atomic E-state index is 13.1. The van der Waals surface area contributed by atoms with Gasteiger partial charge in [0.05, 0.1) is 36.7 Å². The molecule has 10 heteroatoms. The smallest absolute Gasteiger partial charge is 0.416 e. The zero-order valence-corrected chi connectivity index (χ0v) is 25.1. The van der Waals surface area contributed by atoms with Gasteiger partial charge in [0, 0.05) is 24.7 Å². The molecule has 0 saturated heterocycles. The summed E-state index contributed by atoms with van der Waals surface area (Å²) in [5.41, 5.74) is 2.78. The molecule has 1 heterocycles. The van der Waals surface area contributed by atoms with E-state index in [2.05, 4.69) is 10.4 Å². The second kappa shape index (κ2) is 12.9. The minimum atomic E-state index is -4.41. The summed E-state index contributed by atoms with van der Waals surface area (Å²) in [7, 11) is 3.40. The first-order chi connectivity index (χ1) is 20.3. The minimum absolute atomic E-state index is 0.269. The standard InChI is InChI=1S/C33H36F3N3O4/c1-7-42-31(40)32(3,4)43-28-17-12-22(18-21(28)2)20-37-30(25-10-8-9-11-29(25)41-6)27-19-26(38-39(27)5)23-13-15-24(16-14-23)33(34,35)36/h8-19,30,37H,7,20H2,1-6H3. The van der Waals surface area contributed by atoms with Crippen LogP contribution in [0.1, 0.15) is 54.8 Å². The number of ether oxygens (including phenoxy) is 3. The number of para-hydroxylation sites is 1. The lowest BCUT2D eigenvalue weighted by atomic mass is 10.00. The van der Waals surface area contributed by atoms with Gasteiger partial charge in [0.25, 0.3) is 0 Å². The van der Waals surface area contributed by atoms with Gasteiger partial charge in [-0.05, 0) is 69.2 Å². The molecule has 0 aliphatic heterocycles. The van der Waals surface area contributed by atoms with E-state index in [1.807, 2.05) is 55.5 Å². The number of alkyl halides is 3. The Morgan fingerprint density at radius 1 is 1.00 bits per heavy atom. The summed E-state index contributed by atoms with van der Waals surface area (Å²) in [6.45, 7) is 7.74. The highest BCUT2D eigenvalue weighted by atomic mass is 19.4. The van der Waals surface area contributed by atoms with Crippen molar-refractivity contribution in [2.45, 2.75) is 52.1 Å². The summed E-state index contributed by atoms with van der Waals surface area (Å²) < 4.78 is 57.8. The average molecular weight is 596 g/mol. The Kier molecular flexibility index (Phi) is 9.49. The molecule has 0 fully saturated rings. The maximum Gasteiger partial charge on any atom is 0.416 e. The number of hydrogen-bond acceptors (Lipinski definition) is 6. The third kappa shape index (κ3) is 7.37. The van der Waals surface area contributed by atoms with Gasteiger partial charge in [-0.3, -0.25) is 4.68 Å². The van der Waals surface area contributed by atoms with Crippen molar-refractivity contribution in [3.63, 3.8) is 0 Å². The van der Waals surface area contributed by atoms with Crippen molar-refractivity contribution >= 4 is 5.97 Å². The average Bonchev–Trinajstić information content (AvgIpc) is 3.35. The van der Waals surface area contributed by atoms with Crippen molar-refractivity contribution in [3.05, 3.63) is 101 Å². The number of nitrogens with zero attached hydrogens (tertiary/aromatic N) is 2. The number of aromatic nitrogens is 2. The number of esters is 1. The fourth-order valence-corrected chi connectivity index (χ4v) is 4.78. The van der Waals surface area contributed by atoms with Gasteiger partial charge in [0.2, 0.25) is 0 Å². The van der Waals surface area contributed by atoms with Crippen LogP contribution in [-0.2, 0) is 29.3 Å². The number of halogens is 3. The maximum atomic E-state index is 13.1. The van der Waals surface area contributed by atoms with Gasteiger partial charge >= 0.3 is 12.1 Å². The van der Waals surface area contributed by atoms with Crippen LogP contribution in [0.15, 0.2) is 72.8 Å². The molecule has 0 spiro atoms. The Morgan fingerprint density at radius 2 is 1.70 bits per heavy atom. The SMILES string of the molecule is CCOC(=O)C(C)(C)Oc1ccc(CNC(c2ccccc2OC)c2cc(-c3ccc(C(F)(F)F)cc3)nn2C)cc1C. The largest absolute Gasteiger partial charge is 0.496 e. The summed E-state index contributed by atoms with van der Waals surface area (Å²) >= 11 is 0. The third-order valence-corrected chi connectivity index (χ3v) is 7.05. The quantitative estimate of drug-likeness (QED) is 0.188. The number of hydrogen-bond donors (Lipinski definition) is 1. The molecule has 0 bridgehead atoms. The number of aryl methyl sites for hydroxylation is 2. The Hall–Kier alpha value is -4.31. The van der Waals surface area contributed by atoms with Crippen LogP contribution in [0, 0.1) is 6.92 Å². The van der Waals surface area contributed by atoms with Crippen molar-refractivity contribution in [1.29, 1.82) is 0 Å². The molecular weight excluding hydrogens is 559 g/mol. The first-order valence-electron chi connectivity index (χ1n) is 13.9. The second-order valence-corrected chi connectivity index (χ2v) is 10.6. The molecule has 1 atom stereocenters. The summed E-state index contributed by atoms with van der Waals surface area (Å²) in [4.78, 5) is 12.3. The van der Waals surface area contributed by atoms with E-state index < -0.39 is 23.3 Å². The van der Waals surface area contributed by atoms with Gasteiger partial charge in [0.15, 0.2) is 5.60 Å². The lowest BCUT2D eigenvalue weighted by Gasteiger charge is -2.25. The molecule has 1 unspecified atom stereocenters. The zero-order valence-electron chi connectivity index (χ0n) is 25.1. The molecule has 0 radical (unpaired) electrons.